The summed E-state index contributed by atoms with van der Waals surface area (Å²) in [6, 6.07) is 12.4. The van der Waals surface area contributed by atoms with Gasteiger partial charge < -0.3 is 26.6 Å². The minimum atomic E-state index is -1.30. The van der Waals surface area contributed by atoms with Crippen molar-refractivity contribution in [3.05, 3.63) is 75.8 Å². The minimum Gasteiger partial charge on any atom is -0.394 e. The first kappa shape index (κ1) is 22.9. The van der Waals surface area contributed by atoms with Gasteiger partial charge in [-0.3, -0.25) is 19.7 Å². The Balaban J connectivity index is 1.85. The van der Waals surface area contributed by atoms with E-state index in [1.165, 1.54) is 24.3 Å². The van der Waals surface area contributed by atoms with E-state index in [-0.39, 0.29) is 17.8 Å². The molecule has 0 heterocycles. The van der Waals surface area contributed by atoms with E-state index in [0.29, 0.717) is 6.42 Å². The molecular formula is C20H24N4O6. The van der Waals surface area contributed by atoms with Gasteiger partial charge in [0, 0.05) is 12.1 Å². The molecule has 2 amide bonds. The van der Waals surface area contributed by atoms with Gasteiger partial charge in [0.2, 0.25) is 11.8 Å². The number of rotatable bonds is 10. The van der Waals surface area contributed by atoms with Gasteiger partial charge in [0.05, 0.1) is 30.2 Å². The third kappa shape index (κ3) is 6.62. The summed E-state index contributed by atoms with van der Waals surface area (Å²) < 4.78 is 0. The highest BCUT2D eigenvalue weighted by Gasteiger charge is 2.23. The lowest BCUT2D eigenvalue weighted by Crippen LogP contribution is -2.49. The molecule has 3 atom stereocenters. The SMILES string of the molecule is N[C@@H](Cc1ccccc1)C(=O)NCC(=O)N[C@H](CO)[C@H](O)c1ccc([N+](=O)[O-])cc1. The summed E-state index contributed by atoms with van der Waals surface area (Å²) in [6.07, 6.45) is -0.984. The molecule has 0 aliphatic rings. The number of carbonyl (C=O) groups is 2. The van der Waals surface area contributed by atoms with Crippen molar-refractivity contribution in [1.82, 2.24) is 10.6 Å². The van der Waals surface area contributed by atoms with Gasteiger partial charge >= 0.3 is 0 Å². The van der Waals surface area contributed by atoms with Crippen molar-refractivity contribution in [3.63, 3.8) is 0 Å². The maximum absolute atomic E-state index is 12.1. The highest BCUT2D eigenvalue weighted by molar-refractivity contribution is 5.87. The van der Waals surface area contributed by atoms with Crippen LogP contribution >= 0.6 is 0 Å². The molecule has 30 heavy (non-hydrogen) atoms. The van der Waals surface area contributed by atoms with Gasteiger partial charge in [-0.2, -0.15) is 0 Å². The van der Waals surface area contributed by atoms with Gasteiger partial charge in [0.25, 0.3) is 5.69 Å². The number of benzene rings is 2. The lowest BCUT2D eigenvalue weighted by Gasteiger charge is -2.23. The maximum atomic E-state index is 12.1. The molecule has 6 N–H and O–H groups in total. The number of aliphatic hydroxyl groups excluding tert-OH is 2. The first-order valence-corrected chi connectivity index (χ1v) is 9.21. The van der Waals surface area contributed by atoms with Crippen molar-refractivity contribution < 1.29 is 24.7 Å². The fourth-order valence-corrected chi connectivity index (χ4v) is 2.77. The standard InChI is InChI=1S/C20H24N4O6/c21-16(10-13-4-2-1-3-5-13)20(28)22-11-18(26)23-17(12-25)19(27)14-6-8-15(9-7-14)24(29)30/h1-9,16-17,19,25,27H,10-12,21H2,(H,22,28)(H,23,26)/t16-,17+,19+/m0/s1. The van der Waals surface area contributed by atoms with Crippen LogP contribution < -0.4 is 16.4 Å². The highest BCUT2D eigenvalue weighted by atomic mass is 16.6. The number of carbonyl (C=O) groups excluding carboxylic acids is 2. The molecule has 0 saturated carbocycles. The minimum absolute atomic E-state index is 0.148. The molecule has 0 bridgehead atoms. The number of hydrogen-bond acceptors (Lipinski definition) is 7. The van der Waals surface area contributed by atoms with Crippen LogP contribution in [0.1, 0.15) is 17.2 Å². The molecule has 0 fully saturated rings. The zero-order valence-corrected chi connectivity index (χ0v) is 16.1. The van der Waals surface area contributed by atoms with Gasteiger partial charge in [-0.1, -0.05) is 30.3 Å². The van der Waals surface area contributed by atoms with Crippen molar-refractivity contribution in [2.45, 2.75) is 24.6 Å². The largest absolute Gasteiger partial charge is 0.394 e. The van der Waals surface area contributed by atoms with E-state index in [2.05, 4.69) is 10.6 Å². The van der Waals surface area contributed by atoms with Gasteiger partial charge in [0.15, 0.2) is 0 Å². The predicted molar refractivity (Wildman–Crippen MR) is 108 cm³/mol. The van der Waals surface area contributed by atoms with E-state index in [1.54, 1.807) is 0 Å². The second-order valence-corrected chi connectivity index (χ2v) is 6.66. The fraction of sp³-hybridized carbons (Fsp3) is 0.300. The number of nitrogens with one attached hydrogen (secondary N) is 2. The molecular weight excluding hydrogens is 392 g/mol. The molecule has 160 valence electrons. The molecule has 2 aromatic carbocycles. The van der Waals surface area contributed by atoms with E-state index in [0.717, 1.165) is 5.56 Å². The fourth-order valence-electron chi connectivity index (χ4n) is 2.77. The lowest BCUT2D eigenvalue weighted by atomic mass is 10.0. The van der Waals surface area contributed by atoms with Crippen LogP contribution in [0.3, 0.4) is 0 Å². The Morgan fingerprint density at radius 2 is 1.73 bits per heavy atom. The number of aliphatic hydroxyl groups is 2. The average molecular weight is 416 g/mol. The van der Waals surface area contributed by atoms with Crippen molar-refractivity contribution in [2.75, 3.05) is 13.2 Å². The lowest BCUT2D eigenvalue weighted by molar-refractivity contribution is -0.384. The Labute approximate surface area is 172 Å². The Morgan fingerprint density at radius 3 is 2.30 bits per heavy atom. The van der Waals surface area contributed by atoms with Crippen LogP contribution in [0, 0.1) is 10.1 Å². The molecule has 0 aliphatic heterocycles. The van der Waals surface area contributed by atoms with Crippen LogP contribution in [0.15, 0.2) is 54.6 Å². The Kier molecular flexibility index (Phi) is 8.41. The molecule has 10 nitrogen and oxygen atoms in total. The summed E-state index contributed by atoms with van der Waals surface area (Å²) >= 11 is 0. The normalized spacial score (nSPS) is 13.7. The molecule has 10 heteroatoms. The number of hydrogen-bond donors (Lipinski definition) is 5. The first-order valence-electron chi connectivity index (χ1n) is 9.21. The Morgan fingerprint density at radius 1 is 1.10 bits per heavy atom. The number of nitrogens with zero attached hydrogens (tertiary/aromatic N) is 1. The number of nitro groups is 1. The molecule has 0 spiro atoms. The quantitative estimate of drug-likeness (QED) is 0.264. The summed E-state index contributed by atoms with van der Waals surface area (Å²) in [5.74, 6) is -1.14. The van der Waals surface area contributed by atoms with E-state index < -0.39 is 41.5 Å². The number of non-ortho nitro benzene ring substituents is 1. The number of nitrogens with two attached hydrogens (primary N) is 1. The molecule has 2 rings (SSSR count). The van der Waals surface area contributed by atoms with E-state index in [4.69, 9.17) is 5.73 Å². The van der Waals surface area contributed by atoms with Crippen molar-refractivity contribution in [3.8, 4) is 0 Å². The van der Waals surface area contributed by atoms with Crippen molar-refractivity contribution in [1.29, 1.82) is 0 Å². The summed E-state index contributed by atoms with van der Waals surface area (Å²) in [6.45, 7) is -0.962. The van der Waals surface area contributed by atoms with Crippen LogP contribution in [0.5, 0.6) is 0 Å². The van der Waals surface area contributed by atoms with Crippen molar-refractivity contribution >= 4 is 17.5 Å². The second-order valence-electron chi connectivity index (χ2n) is 6.66. The van der Waals surface area contributed by atoms with E-state index in [1.807, 2.05) is 30.3 Å². The van der Waals surface area contributed by atoms with E-state index in [9.17, 15) is 29.9 Å². The Hall–Kier alpha value is -3.34. The molecule has 0 radical (unpaired) electrons. The summed E-state index contributed by atoms with van der Waals surface area (Å²) in [5, 5.41) is 35.4. The topological polar surface area (TPSA) is 168 Å². The average Bonchev–Trinajstić information content (AvgIpc) is 2.76. The van der Waals surface area contributed by atoms with Gasteiger partial charge in [-0.15, -0.1) is 0 Å². The first-order chi connectivity index (χ1) is 14.3. The highest BCUT2D eigenvalue weighted by Crippen LogP contribution is 2.20. The number of nitro benzene ring substituents is 1. The monoisotopic (exact) mass is 416 g/mol. The van der Waals surface area contributed by atoms with Crippen LogP contribution in [0.25, 0.3) is 0 Å². The number of amides is 2. The molecule has 2 aromatic rings. The summed E-state index contributed by atoms with van der Waals surface area (Å²) in [5.41, 5.74) is 6.87. The third-order valence-corrected chi connectivity index (χ3v) is 4.43. The predicted octanol–water partition coefficient (Wildman–Crippen LogP) is -0.208. The molecule has 0 unspecified atom stereocenters. The zero-order valence-electron chi connectivity index (χ0n) is 16.1. The van der Waals surface area contributed by atoms with Gasteiger partial charge in [-0.05, 0) is 29.7 Å². The smallest absolute Gasteiger partial charge is 0.269 e. The van der Waals surface area contributed by atoms with Crippen LogP contribution in [-0.4, -0.2) is 52.2 Å². The second kappa shape index (κ2) is 11.0. The van der Waals surface area contributed by atoms with Crippen LogP contribution in [0.4, 0.5) is 5.69 Å². The third-order valence-electron chi connectivity index (χ3n) is 4.43. The molecule has 0 aliphatic carbocycles. The summed E-state index contributed by atoms with van der Waals surface area (Å²) in [4.78, 5) is 34.3. The van der Waals surface area contributed by atoms with Gasteiger partial charge in [0.1, 0.15) is 6.10 Å². The maximum Gasteiger partial charge on any atom is 0.269 e. The van der Waals surface area contributed by atoms with Crippen LogP contribution in [0.2, 0.25) is 0 Å². The van der Waals surface area contributed by atoms with Crippen molar-refractivity contribution in [2.24, 2.45) is 5.73 Å². The Bertz CT molecular complexity index is 859. The van der Waals surface area contributed by atoms with Gasteiger partial charge in [-0.25, -0.2) is 0 Å². The molecule has 0 saturated heterocycles. The van der Waals surface area contributed by atoms with Crippen LogP contribution in [-0.2, 0) is 16.0 Å². The molecule has 0 aromatic heterocycles. The zero-order chi connectivity index (χ0) is 22.1. The summed E-state index contributed by atoms with van der Waals surface area (Å²) in [7, 11) is 0. The van der Waals surface area contributed by atoms with E-state index >= 15 is 0 Å².